The Bertz CT molecular complexity index is 616. The Balaban J connectivity index is 5.39. The van der Waals surface area contributed by atoms with E-state index in [0.717, 1.165) is 0 Å². The second kappa shape index (κ2) is 13.0. The van der Waals surface area contributed by atoms with Crippen molar-refractivity contribution in [3.05, 3.63) is 0 Å². The van der Waals surface area contributed by atoms with Gasteiger partial charge in [0.05, 0.1) is 13.0 Å². The first-order chi connectivity index (χ1) is 13.4. The molecule has 4 amide bonds. The van der Waals surface area contributed by atoms with Crippen LogP contribution in [0.15, 0.2) is 0 Å². The van der Waals surface area contributed by atoms with Crippen molar-refractivity contribution in [3.8, 4) is 0 Å². The first-order valence-corrected chi connectivity index (χ1v) is 9.45. The number of carboxylic acid groups (broad SMARTS) is 1. The lowest BCUT2D eigenvalue weighted by molar-refractivity contribution is -0.141. The van der Waals surface area contributed by atoms with Crippen molar-refractivity contribution in [2.75, 3.05) is 12.4 Å². The van der Waals surface area contributed by atoms with Gasteiger partial charge in [-0.2, -0.15) is 12.6 Å². The average Bonchev–Trinajstić information content (AvgIpc) is 2.62. The lowest BCUT2D eigenvalue weighted by atomic mass is 10.0. The molecule has 0 saturated carbocycles. The number of nitrogens with one attached hydrogen (secondary N) is 3. The smallest absolute Gasteiger partial charge is 0.327 e. The van der Waals surface area contributed by atoms with Crippen LogP contribution in [0.1, 0.15) is 26.7 Å². The maximum Gasteiger partial charge on any atom is 0.327 e. The summed E-state index contributed by atoms with van der Waals surface area (Å²) in [5.74, 6) is -4.94. The Morgan fingerprint density at radius 2 is 1.41 bits per heavy atom. The molecule has 4 atom stereocenters. The molecule has 12 nitrogen and oxygen atoms in total. The maximum atomic E-state index is 12.6. The van der Waals surface area contributed by atoms with E-state index in [-0.39, 0.29) is 18.1 Å². The fourth-order valence-corrected chi connectivity index (χ4v) is 2.45. The van der Waals surface area contributed by atoms with E-state index in [0.29, 0.717) is 0 Å². The van der Waals surface area contributed by atoms with Crippen LogP contribution in [0.3, 0.4) is 0 Å². The number of aliphatic hydroxyl groups excluding tert-OH is 1. The van der Waals surface area contributed by atoms with Crippen LogP contribution in [0.5, 0.6) is 0 Å². The molecule has 0 aromatic rings. The van der Waals surface area contributed by atoms with Crippen molar-refractivity contribution in [2.24, 2.45) is 17.4 Å². The molecule has 29 heavy (non-hydrogen) atoms. The standard InChI is InChI=1S/C16H29N5O7S/c1-7(2)3-9(14(25)21-11(6-29)16(27)28)20-15(26)10(4-12(18)23)19-13(24)8(17)5-22/h7-11,22,29H,3-6,17H2,1-2H3,(H2,18,23)(H,19,24)(H,20,26)(H,21,25)(H,27,28). The van der Waals surface area contributed by atoms with E-state index in [1.165, 1.54) is 0 Å². The van der Waals surface area contributed by atoms with Gasteiger partial charge in [-0.25, -0.2) is 4.79 Å². The van der Waals surface area contributed by atoms with Gasteiger partial charge < -0.3 is 37.6 Å². The van der Waals surface area contributed by atoms with Gasteiger partial charge in [-0.15, -0.1) is 0 Å². The van der Waals surface area contributed by atoms with Crippen molar-refractivity contribution < 1.29 is 34.2 Å². The quantitative estimate of drug-likeness (QED) is 0.137. The van der Waals surface area contributed by atoms with E-state index >= 15 is 0 Å². The van der Waals surface area contributed by atoms with Gasteiger partial charge >= 0.3 is 5.97 Å². The van der Waals surface area contributed by atoms with E-state index < -0.39 is 66.8 Å². The molecule has 0 fully saturated rings. The van der Waals surface area contributed by atoms with Crippen LogP contribution in [-0.4, -0.2) is 76.3 Å². The molecule has 0 aliphatic rings. The molecule has 166 valence electrons. The number of carbonyl (C=O) groups excluding carboxylic acids is 4. The number of hydrogen-bond acceptors (Lipinski definition) is 8. The molecular formula is C16H29N5O7S. The summed E-state index contributed by atoms with van der Waals surface area (Å²) < 4.78 is 0. The van der Waals surface area contributed by atoms with Crippen LogP contribution in [0.4, 0.5) is 0 Å². The van der Waals surface area contributed by atoms with Crippen molar-refractivity contribution in [1.29, 1.82) is 0 Å². The zero-order valence-electron chi connectivity index (χ0n) is 16.3. The minimum absolute atomic E-state index is 0.0580. The molecular weight excluding hydrogens is 406 g/mol. The molecule has 0 saturated heterocycles. The summed E-state index contributed by atoms with van der Waals surface area (Å²) in [6.07, 6.45) is -0.413. The van der Waals surface area contributed by atoms with E-state index in [1.54, 1.807) is 13.8 Å². The molecule has 0 aromatic carbocycles. The van der Waals surface area contributed by atoms with Gasteiger partial charge in [-0.1, -0.05) is 13.8 Å². The third-order valence-electron chi connectivity index (χ3n) is 3.71. The van der Waals surface area contributed by atoms with E-state index in [1.807, 2.05) is 0 Å². The highest BCUT2D eigenvalue weighted by atomic mass is 32.1. The van der Waals surface area contributed by atoms with Gasteiger partial charge in [0, 0.05) is 5.75 Å². The molecule has 0 aliphatic carbocycles. The predicted octanol–water partition coefficient (Wildman–Crippen LogP) is -3.30. The zero-order chi connectivity index (χ0) is 22.7. The number of carboxylic acids is 1. The summed E-state index contributed by atoms with van der Waals surface area (Å²) in [6, 6.07) is -5.15. The van der Waals surface area contributed by atoms with Crippen LogP contribution in [0, 0.1) is 5.92 Å². The first-order valence-electron chi connectivity index (χ1n) is 8.82. The Labute approximate surface area is 173 Å². The van der Waals surface area contributed by atoms with Crippen LogP contribution in [0.2, 0.25) is 0 Å². The third kappa shape index (κ3) is 10.1. The fourth-order valence-electron chi connectivity index (χ4n) is 2.21. The topological polar surface area (TPSA) is 214 Å². The molecule has 4 unspecified atom stereocenters. The normalized spacial score (nSPS) is 15.0. The molecule has 0 rings (SSSR count). The summed E-state index contributed by atoms with van der Waals surface area (Å²) in [4.78, 5) is 59.2. The van der Waals surface area contributed by atoms with Crippen LogP contribution < -0.4 is 27.4 Å². The number of hydrogen-bond donors (Lipinski definition) is 8. The number of aliphatic hydroxyl groups is 1. The van der Waals surface area contributed by atoms with Gasteiger partial charge in [0.2, 0.25) is 23.6 Å². The van der Waals surface area contributed by atoms with E-state index in [9.17, 15) is 24.0 Å². The Hall–Kier alpha value is -2.38. The number of thiol groups is 1. The van der Waals surface area contributed by atoms with E-state index in [4.69, 9.17) is 21.7 Å². The minimum atomic E-state index is -1.43. The molecule has 0 spiro atoms. The average molecular weight is 436 g/mol. The lowest BCUT2D eigenvalue weighted by Crippen LogP contribution is -2.58. The van der Waals surface area contributed by atoms with Crippen molar-refractivity contribution >= 4 is 42.2 Å². The highest BCUT2D eigenvalue weighted by Gasteiger charge is 2.31. The monoisotopic (exact) mass is 435 g/mol. The maximum absolute atomic E-state index is 12.6. The van der Waals surface area contributed by atoms with Gasteiger partial charge in [-0.3, -0.25) is 19.2 Å². The summed E-state index contributed by atoms with van der Waals surface area (Å²) in [5.41, 5.74) is 10.5. The lowest BCUT2D eigenvalue weighted by Gasteiger charge is -2.25. The molecule has 0 aliphatic heterocycles. The van der Waals surface area contributed by atoms with Crippen LogP contribution in [-0.2, 0) is 24.0 Å². The SMILES string of the molecule is CC(C)CC(NC(=O)C(CC(N)=O)NC(=O)C(N)CO)C(=O)NC(CS)C(=O)O. The number of carbonyl (C=O) groups is 5. The van der Waals surface area contributed by atoms with Crippen LogP contribution >= 0.6 is 12.6 Å². The molecule has 13 heteroatoms. The number of nitrogens with two attached hydrogens (primary N) is 2. The van der Waals surface area contributed by atoms with Crippen LogP contribution in [0.25, 0.3) is 0 Å². The number of aliphatic carboxylic acids is 1. The van der Waals surface area contributed by atoms with Crippen molar-refractivity contribution in [3.63, 3.8) is 0 Å². The first kappa shape index (κ1) is 26.6. The zero-order valence-corrected chi connectivity index (χ0v) is 17.1. The highest BCUT2D eigenvalue weighted by Crippen LogP contribution is 2.07. The summed E-state index contributed by atoms with van der Waals surface area (Å²) in [6.45, 7) is 2.88. The highest BCUT2D eigenvalue weighted by molar-refractivity contribution is 7.80. The predicted molar refractivity (Wildman–Crippen MR) is 106 cm³/mol. The van der Waals surface area contributed by atoms with Gasteiger partial charge in [0.15, 0.2) is 0 Å². The third-order valence-corrected chi connectivity index (χ3v) is 4.07. The van der Waals surface area contributed by atoms with Crippen molar-refractivity contribution in [1.82, 2.24) is 16.0 Å². The number of rotatable bonds is 13. The molecule has 0 heterocycles. The molecule has 0 bridgehead atoms. The minimum Gasteiger partial charge on any atom is -0.480 e. The van der Waals surface area contributed by atoms with Crippen molar-refractivity contribution in [2.45, 2.75) is 50.9 Å². The van der Waals surface area contributed by atoms with Gasteiger partial charge in [0.1, 0.15) is 24.2 Å². The second-order valence-electron chi connectivity index (χ2n) is 6.79. The van der Waals surface area contributed by atoms with E-state index in [2.05, 4.69) is 28.6 Å². The summed E-state index contributed by atoms with van der Waals surface area (Å²) >= 11 is 3.86. The summed E-state index contributed by atoms with van der Waals surface area (Å²) in [5, 5.41) is 24.8. The Morgan fingerprint density at radius 3 is 1.83 bits per heavy atom. The Morgan fingerprint density at radius 1 is 0.931 bits per heavy atom. The second-order valence-corrected chi connectivity index (χ2v) is 7.16. The number of amides is 4. The van der Waals surface area contributed by atoms with Gasteiger partial charge in [0.25, 0.3) is 0 Å². The molecule has 0 aromatic heterocycles. The van der Waals surface area contributed by atoms with Gasteiger partial charge in [-0.05, 0) is 12.3 Å². The summed E-state index contributed by atoms with van der Waals surface area (Å²) in [7, 11) is 0. The molecule has 9 N–H and O–H groups in total. The Kier molecular flexibility index (Phi) is 11.9. The number of primary amides is 1. The fraction of sp³-hybridized carbons (Fsp3) is 0.688. The largest absolute Gasteiger partial charge is 0.480 e. The molecule has 0 radical (unpaired) electrons.